The van der Waals surface area contributed by atoms with Crippen LogP contribution in [0.15, 0.2) is 30.3 Å². The molecule has 0 atom stereocenters. The lowest BCUT2D eigenvalue weighted by atomic mass is 9.74. The van der Waals surface area contributed by atoms with Crippen LogP contribution in [0.5, 0.6) is 0 Å². The van der Waals surface area contributed by atoms with Gasteiger partial charge in [-0.3, -0.25) is 4.90 Å². The van der Waals surface area contributed by atoms with E-state index in [1.807, 2.05) is 37.2 Å². The monoisotopic (exact) mass is 230 g/mol. The van der Waals surface area contributed by atoms with Gasteiger partial charge in [-0.2, -0.15) is 5.26 Å². The van der Waals surface area contributed by atoms with Crippen LogP contribution in [0.25, 0.3) is 0 Å². The first-order valence-corrected chi connectivity index (χ1v) is 5.90. The third kappa shape index (κ3) is 2.49. The van der Waals surface area contributed by atoms with E-state index < -0.39 is 0 Å². The second-order valence-electron chi connectivity index (χ2n) is 4.86. The molecule has 0 saturated heterocycles. The molecule has 1 aromatic rings. The Kier molecular flexibility index (Phi) is 3.46. The number of hydrogen-bond acceptors (Lipinski definition) is 3. The van der Waals surface area contributed by atoms with Crippen LogP contribution in [-0.2, 0) is 11.3 Å². The van der Waals surface area contributed by atoms with Crippen molar-refractivity contribution in [1.29, 1.82) is 5.26 Å². The molecule has 0 radical (unpaired) electrons. The minimum absolute atomic E-state index is 0.220. The van der Waals surface area contributed by atoms with Gasteiger partial charge in [-0.15, -0.1) is 0 Å². The molecule has 0 unspecified atom stereocenters. The summed E-state index contributed by atoms with van der Waals surface area (Å²) >= 11 is 0. The van der Waals surface area contributed by atoms with Crippen LogP contribution in [-0.4, -0.2) is 30.6 Å². The highest BCUT2D eigenvalue weighted by atomic mass is 16.5. The molecule has 17 heavy (non-hydrogen) atoms. The molecule has 2 rings (SSSR count). The molecule has 0 bridgehead atoms. The van der Waals surface area contributed by atoms with E-state index in [9.17, 15) is 0 Å². The van der Waals surface area contributed by atoms with Crippen LogP contribution in [0.4, 0.5) is 0 Å². The highest BCUT2D eigenvalue weighted by molar-refractivity contribution is 5.17. The van der Waals surface area contributed by atoms with Crippen molar-refractivity contribution < 1.29 is 4.74 Å². The number of nitrogens with zero attached hydrogens (tertiary/aromatic N) is 2. The molecule has 0 aromatic heterocycles. The van der Waals surface area contributed by atoms with Crippen LogP contribution in [0.2, 0.25) is 0 Å². The van der Waals surface area contributed by atoms with Gasteiger partial charge in [0.05, 0.1) is 18.8 Å². The van der Waals surface area contributed by atoms with Gasteiger partial charge in [-0.05, 0) is 19.7 Å². The van der Waals surface area contributed by atoms with Gasteiger partial charge in [0.1, 0.15) is 5.54 Å². The third-order valence-electron chi connectivity index (χ3n) is 3.52. The molecule has 0 amide bonds. The van der Waals surface area contributed by atoms with E-state index >= 15 is 0 Å². The van der Waals surface area contributed by atoms with Crippen LogP contribution in [0, 0.1) is 11.3 Å². The Labute approximate surface area is 103 Å². The molecular formula is C14H18N2O. The number of hydrogen-bond donors (Lipinski definition) is 0. The van der Waals surface area contributed by atoms with Crippen LogP contribution >= 0.6 is 0 Å². The van der Waals surface area contributed by atoms with Crippen molar-refractivity contribution in [2.75, 3.05) is 14.1 Å². The predicted molar refractivity (Wildman–Crippen MR) is 66.3 cm³/mol. The van der Waals surface area contributed by atoms with Gasteiger partial charge in [0.15, 0.2) is 0 Å². The van der Waals surface area contributed by atoms with Crippen molar-refractivity contribution in [2.45, 2.75) is 31.1 Å². The third-order valence-corrected chi connectivity index (χ3v) is 3.52. The minimum atomic E-state index is -0.304. The molecule has 0 aliphatic heterocycles. The first kappa shape index (κ1) is 12.1. The average Bonchev–Trinajstić information content (AvgIpc) is 2.29. The number of benzene rings is 1. The quantitative estimate of drug-likeness (QED) is 0.795. The normalized spacial score (nSPS) is 27.5. The fourth-order valence-corrected chi connectivity index (χ4v) is 2.16. The highest BCUT2D eigenvalue weighted by Crippen LogP contribution is 2.38. The van der Waals surface area contributed by atoms with Crippen molar-refractivity contribution in [3.63, 3.8) is 0 Å². The summed E-state index contributed by atoms with van der Waals surface area (Å²) in [5, 5.41) is 9.16. The Balaban J connectivity index is 1.80. The van der Waals surface area contributed by atoms with Gasteiger partial charge in [-0.1, -0.05) is 30.3 Å². The predicted octanol–water partition coefficient (Wildman–Crippen LogP) is 2.19. The molecule has 0 heterocycles. The fourth-order valence-electron chi connectivity index (χ4n) is 2.16. The Morgan fingerprint density at radius 2 is 2.00 bits per heavy atom. The smallest absolute Gasteiger partial charge is 0.113 e. The first-order chi connectivity index (χ1) is 8.16. The van der Waals surface area contributed by atoms with E-state index in [1.165, 1.54) is 5.56 Å². The molecule has 3 nitrogen and oxygen atoms in total. The zero-order valence-corrected chi connectivity index (χ0v) is 10.4. The molecule has 0 N–H and O–H groups in total. The van der Waals surface area contributed by atoms with Crippen LogP contribution in [0.3, 0.4) is 0 Å². The van der Waals surface area contributed by atoms with E-state index in [0.29, 0.717) is 6.61 Å². The summed E-state index contributed by atoms with van der Waals surface area (Å²) in [5.41, 5.74) is 0.883. The maximum Gasteiger partial charge on any atom is 0.113 e. The van der Waals surface area contributed by atoms with Crippen molar-refractivity contribution in [2.24, 2.45) is 0 Å². The molecule has 90 valence electrons. The van der Waals surface area contributed by atoms with Gasteiger partial charge in [0, 0.05) is 12.8 Å². The maximum atomic E-state index is 9.16. The van der Waals surface area contributed by atoms with Crippen molar-refractivity contribution in [1.82, 2.24) is 4.90 Å². The van der Waals surface area contributed by atoms with E-state index in [2.05, 4.69) is 18.2 Å². The molecular weight excluding hydrogens is 212 g/mol. The largest absolute Gasteiger partial charge is 0.373 e. The van der Waals surface area contributed by atoms with Gasteiger partial charge in [0.2, 0.25) is 0 Å². The van der Waals surface area contributed by atoms with E-state index in [-0.39, 0.29) is 11.6 Å². The topological polar surface area (TPSA) is 36.3 Å². The van der Waals surface area contributed by atoms with E-state index in [0.717, 1.165) is 12.8 Å². The Morgan fingerprint density at radius 1 is 1.35 bits per heavy atom. The second kappa shape index (κ2) is 4.87. The first-order valence-electron chi connectivity index (χ1n) is 5.90. The standard InChI is InChI=1S/C14H18N2O/c1-16(2)14(11-15)8-13(9-14)17-10-12-6-4-3-5-7-12/h3-7,13H,8-10H2,1-2H3. The van der Waals surface area contributed by atoms with Crippen molar-refractivity contribution in [3.05, 3.63) is 35.9 Å². The van der Waals surface area contributed by atoms with Gasteiger partial charge >= 0.3 is 0 Å². The lowest BCUT2D eigenvalue weighted by Gasteiger charge is -2.46. The lowest BCUT2D eigenvalue weighted by molar-refractivity contribution is -0.0756. The second-order valence-corrected chi connectivity index (χ2v) is 4.86. The molecule has 1 aliphatic carbocycles. The lowest BCUT2D eigenvalue weighted by Crippen LogP contribution is -2.56. The van der Waals surface area contributed by atoms with Gasteiger partial charge in [-0.25, -0.2) is 0 Å². The summed E-state index contributed by atoms with van der Waals surface area (Å²) in [6.45, 7) is 0.639. The van der Waals surface area contributed by atoms with Crippen LogP contribution < -0.4 is 0 Å². The highest BCUT2D eigenvalue weighted by Gasteiger charge is 2.47. The zero-order chi connectivity index (χ0) is 12.3. The number of nitriles is 1. The molecule has 1 aromatic carbocycles. The summed E-state index contributed by atoms with van der Waals surface area (Å²) in [4.78, 5) is 2.00. The van der Waals surface area contributed by atoms with E-state index in [4.69, 9.17) is 10.00 Å². The molecule has 1 saturated carbocycles. The average molecular weight is 230 g/mol. The van der Waals surface area contributed by atoms with E-state index in [1.54, 1.807) is 0 Å². The summed E-state index contributed by atoms with van der Waals surface area (Å²) in [6, 6.07) is 12.5. The number of ether oxygens (including phenoxy) is 1. The SMILES string of the molecule is CN(C)C1(C#N)CC(OCc2ccccc2)C1. The zero-order valence-electron chi connectivity index (χ0n) is 10.4. The van der Waals surface area contributed by atoms with Crippen molar-refractivity contribution >= 4 is 0 Å². The summed E-state index contributed by atoms with van der Waals surface area (Å²) in [6.07, 6.45) is 1.84. The summed E-state index contributed by atoms with van der Waals surface area (Å²) in [5.74, 6) is 0. The fraction of sp³-hybridized carbons (Fsp3) is 0.500. The van der Waals surface area contributed by atoms with Gasteiger partial charge in [0.25, 0.3) is 0 Å². The van der Waals surface area contributed by atoms with Crippen LogP contribution in [0.1, 0.15) is 18.4 Å². The summed E-state index contributed by atoms with van der Waals surface area (Å²) in [7, 11) is 3.91. The summed E-state index contributed by atoms with van der Waals surface area (Å²) < 4.78 is 5.79. The maximum absolute atomic E-state index is 9.16. The molecule has 3 heteroatoms. The Bertz CT molecular complexity index is 402. The van der Waals surface area contributed by atoms with Gasteiger partial charge < -0.3 is 4.74 Å². The minimum Gasteiger partial charge on any atom is -0.373 e. The Morgan fingerprint density at radius 3 is 2.53 bits per heavy atom. The Hall–Kier alpha value is -1.37. The number of rotatable bonds is 4. The molecule has 0 spiro atoms. The van der Waals surface area contributed by atoms with Crippen molar-refractivity contribution in [3.8, 4) is 6.07 Å². The molecule has 1 aliphatic rings. The molecule has 1 fully saturated rings.